The van der Waals surface area contributed by atoms with Gasteiger partial charge in [-0.25, -0.2) is 0 Å². The second-order valence-electron chi connectivity index (χ2n) is 3.35. The topological polar surface area (TPSA) is 0 Å². The van der Waals surface area contributed by atoms with Gasteiger partial charge in [0.25, 0.3) is 0 Å². The van der Waals surface area contributed by atoms with E-state index < -0.39 is 0 Å². The Morgan fingerprint density at radius 3 is 2.23 bits per heavy atom. The predicted molar refractivity (Wildman–Crippen MR) is 59.5 cm³/mol. The number of rotatable bonds is 4. The van der Waals surface area contributed by atoms with Crippen molar-refractivity contribution < 1.29 is 0 Å². The van der Waals surface area contributed by atoms with Gasteiger partial charge in [0.1, 0.15) is 0 Å². The zero-order chi connectivity index (χ0) is 9.52. The fraction of sp³-hybridized carbons (Fsp3) is 0.385. The molecule has 0 heteroatoms. The SMILES string of the molecule is CCC(/C=C/c1ccccc1)CC. The monoisotopic (exact) mass is 174 g/mol. The van der Waals surface area contributed by atoms with Crippen LogP contribution in [0, 0.1) is 5.92 Å². The maximum absolute atomic E-state index is 2.31. The molecule has 0 aliphatic heterocycles. The quantitative estimate of drug-likeness (QED) is 0.643. The highest BCUT2D eigenvalue weighted by Gasteiger charge is 1.95. The molecule has 0 amide bonds. The molecule has 0 aliphatic rings. The second-order valence-corrected chi connectivity index (χ2v) is 3.35. The second kappa shape index (κ2) is 5.58. The summed E-state index contributed by atoms with van der Waals surface area (Å²) in [5.74, 6) is 0.736. The molecule has 0 radical (unpaired) electrons. The first-order chi connectivity index (χ1) is 6.36. The van der Waals surface area contributed by atoms with E-state index in [1.807, 2.05) is 0 Å². The molecule has 0 atom stereocenters. The Kier molecular flexibility index (Phi) is 4.31. The molecule has 13 heavy (non-hydrogen) atoms. The summed E-state index contributed by atoms with van der Waals surface area (Å²) in [7, 11) is 0. The zero-order valence-electron chi connectivity index (χ0n) is 8.53. The first kappa shape index (κ1) is 10.0. The van der Waals surface area contributed by atoms with Gasteiger partial charge in [-0.3, -0.25) is 0 Å². The molecule has 0 saturated heterocycles. The molecule has 0 saturated carbocycles. The molecule has 0 nitrogen and oxygen atoms in total. The lowest BCUT2D eigenvalue weighted by Gasteiger charge is -2.04. The van der Waals surface area contributed by atoms with E-state index in [1.165, 1.54) is 18.4 Å². The highest BCUT2D eigenvalue weighted by molar-refractivity contribution is 5.48. The van der Waals surface area contributed by atoms with Gasteiger partial charge >= 0.3 is 0 Å². The summed E-state index contributed by atoms with van der Waals surface area (Å²) in [4.78, 5) is 0. The lowest BCUT2D eigenvalue weighted by molar-refractivity contribution is 0.608. The smallest absolute Gasteiger partial charge is 0.0235 e. The van der Waals surface area contributed by atoms with Gasteiger partial charge < -0.3 is 0 Å². The van der Waals surface area contributed by atoms with Crippen LogP contribution in [0.4, 0.5) is 0 Å². The van der Waals surface area contributed by atoms with Crippen LogP contribution >= 0.6 is 0 Å². The number of hydrogen-bond donors (Lipinski definition) is 0. The van der Waals surface area contributed by atoms with E-state index in [0.29, 0.717) is 0 Å². The van der Waals surface area contributed by atoms with Crippen molar-refractivity contribution in [3.63, 3.8) is 0 Å². The molecule has 1 aromatic carbocycles. The number of benzene rings is 1. The van der Waals surface area contributed by atoms with Crippen LogP contribution in [0.5, 0.6) is 0 Å². The van der Waals surface area contributed by atoms with Crippen molar-refractivity contribution in [1.29, 1.82) is 0 Å². The third kappa shape index (κ3) is 3.45. The average Bonchev–Trinajstić information content (AvgIpc) is 2.21. The maximum Gasteiger partial charge on any atom is -0.0235 e. The predicted octanol–water partition coefficient (Wildman–Crippen LogP) is 4.14. The van der Waals surface area contributed by atoms with Gasteiger partial charge in [-0.15, -0.1) is 0 Å². The minimum absolute atomic E-state index is 0.736. The molecule has 0 fully saturated rings. The van der Waals surface area contributed by atoms with Crippen molar-refractivity contribution in [3.05, 3.63) is 42.0 Å². The summed E-state index contributed by atoms with van der Waals surface area (Å²) in [6.45, 7) is 4.48. The molecule has 1 aromatic rings. The van der Waals surface area contributed by atoms with Crippen LogP contribution < -0.4 is 0 Å². The van der Waals surface area contributed by atoms with Gasteiger partial charge in [0.15, 0.2) is 0 Å². The van der Waals surface area contributed by atoms with Crippen molar-refractivity contribution in [3.8, 4) is 0 Å². The molecule has 0 unspecified atom stereocenters. The van der Waals surface area contributed by atoms with Crippen LogP contribution in [0.1, 0.15) is 32.3 Å². The lowest BCUT2D eigenvalue weighted by Crippen LogP contribution is -1.89. The summed E-state index contributed by atoms with van der Waals surface area (Å²) in [5, 5.41) is 0. The van der Waals surface area contributed by atoms with E-state index in [-0.39, 0.29) is 0 Å². The highest BCUT2D eigenvalue weighted by Crippen LogP contribution is 2.11. The van der Waals surface area contributed by atoms with Crippen LogP contribution in [0.15, 0.2) is 36.4 Å². The molecule has 70 valence electrons. The molecular weight excluding hydrogens is 156 g/mol. The van der Waals surface area contributed by atoms with Crippen LogP contribution in [0.25, 0.3) is 6.08 Å². The first-order valence-electron chi connectivity index (χ1n) is 5.10. The Morgan fingerprint density at radius 1 is 1.08 bits per heavy atom. The molecule has 0 N–H and O–H groups in total. The summed E-state index contributed by atoms with van der Waals surface area (Å²) in [5.41, 5.74) is 1.30. The first-order valence-corrected chi connectivity index (χ1v) is 5.10. The van der Waals surface area contributed by atoms with E-state index >= 15 is 0 Å². The molecule has 0 aliphatic carbocycles. The van der Waals surface area contributed by atoms with Gasteiger partial charge in [0.05, 0.1) is 0 Å². The summed E-state index contributed by atoms with van der Waals surface area (Å²) >= 11 is 0. The van der Waals surface area contributed by atoms with Crippen molar-refractivity contribution in [2.24, 2.45) is 5.92 Å². The Balaban J connectivity index is 2.57. The van der Waals surface area contributed by atoms with Crippen molar-refractivity contribution in [2.45, 2.75) is 26.7 Å². The Labute approximate surface area is 81.3 Å². The fourth-order valence-corrected chi connectivity index (χ4v) is 1.37. The standard InChI is InChI=1S/C13H18/c1-3-12(4-2)10-11-13-8-6-5-7-9-13/h5-12H,3-4H2,1-2H3/b11-10+. The summed E-state index contributed by atoms with van der Waals surface area (Å²) in [6.07, 6.45) is 7.01. The van der Waals surface area contributed by atoms with Gasteiger partial charge in [-0.1, -0.05) is 56.3 Å². The van der Waals surface area contributed by atoms with E-state index in [0.717, 1.165) is 5.92 Å². The molecule has 0 heterocycles. The van der Waals surface area contributed by atoms with Gasteiger partial charge in [-0.2, -0.15) is 0 Å². The maximum atomic E-state index is 2.31. The normalized spacial score (nSPS) is 11.3. The third-order valence-corrected chi connectivity index (χ3v) is 2.41. The van der Waals surface area contributed by atoms with Crippen molar-refractivity contribution in [2.75, 3.05) is 0 Å². The minimum atomic E-state index is 0.736. The van der Waals surface area contributed by atoms with E-state index in [2.05, 4.69) is 56.3 Å². The minimum Gasteiger partial charge on any atom is -0.0808 e. The van der Waals surface area contributed by atoms with Crippen LogP contribution in [-0.2, 0) is 0 Å². The van der Waals surface area contributed by atoms with E-state index in [4.69, 9.17) is 0 Å². The highest BCUT2D eigenvalue weighted by atomic mass is 14.0. The van der Waals surface area contributed by atoms with Gasteiger partial charge in [0.2, 0.25) is 0 Å². The number of allylic oxidation sites excluding steroid dienone is 1. The Morgan fingerprint density at radius 2 is 1.69 bits per heavy atom. The molecule has 0 aromatic heterocycles. The van der Waals surface area contributed by atoms with E-state index in [1.54, 1.807) is 0 Å². The zero-order valence-corrected chi connectivity index (χ0v) is 8.53. The average molecular weight is 174 g/mol. The molecular formula is C13H18. The molecule has 0 spiro atoms. The van der Waals surface area contributed by atoms with Gasteiger partial charge in [0, 0.05) is 0 Å². The van der Waals surface area contributed by atoms with Crippen molar-refractivity contribution in [1.82, 2.24) is 0 Å². The van der Waals surface area contributed by atoms with Gasteiger partial charge in [-0.05, 0) is 24.3 Å². The summed E-state index contributed by atoms with van der Waals surface area (Å²) < 4.78 is 0. The van der Waals surface area contributed by atoms with E-state index in [9.17, 15) is 0 Å². The largest absolute Gasteiger partial charge is 0.0808 e. The van der Waals surface area contributed by atoms with Crippen molar-refractivity contribution >= 4 is 6.08 Å². The van der Waals surface area contributed by atoms with Crippen LogP contribution in [0.2, 0.25) is 0 Å². The Hall–Kier alpha value is -1.04. The summed E-state index contributed by atoms with van der Waals surface area (Å²) in [6, 6.07) is 10.5. The molecule has 1 rings (SSSR count). The fourth-order valence-electron chi connectivity index (χ4n) is 1.37. The third-order valence-electron chi connectivity index (χ3n) is 2.41. The lowest BCUT2D eigenvalue weighted by atomic mass is 10.0. The number of hydrogen-bond acceptors (Lipinski definition) is 0. The van der Waals surface area contributed by atoms with Crippen LogP contribution in [0.3, 0.4) is 0 Å². The van der Waals surface area contributed by atoms with Crippen LogP contribution in [-0.4, -0.2) is 0 Å². The Bertz CT molecular complexity index is 242. The molecule has 0 bridgehead atoms.